The molecule has 0 amide bonds. The number of likely N-dealkylation sites (tertiary alicyclic amines) is 1. The van der Waals surface area contributed by atoms with E-state index in [2.05, 4.69) is 34.2 Å². The fraction of sp³-hybridized carbons (Fsp3) is 0.333. The van der Waals surface area contributed by atoms with E-state index in [1.54, 1.807) is 18.6 Å². The SMILES string of the molecule is C[C@@H]1CC[C@H](c2nc(Nc3ccncc3)cc(-c3cccnc3)n2)CN1C. The second-order valence-corrected chi connectivity index (χ2v) is 7.16. The van der Waals surface area contributed by atoms with Crippen LogP contribution in [-0.2, 0) is 0 Å². The molecule has 138 valence electrons. The van der Waals surface area contributed by atoms with Crippen molar-refractivity contribution in [3.8, 4) is 11.3 Å². The first kappa shape index (κ1) is 17.5. The molecule has 1 fully saturated rings. The van der Waals surface area contributed by atoms with Crippen LogP contribution in [0, 0.1) is 0 Å². The molecule has 0 radical (unpaired) electrons. The largest absolute Gasteiger partial charge is 0.340 e. The molecule has 2 atom stereocenters. The van der Waals surface area contributed by atoms with Gasteiger partial charge in [0.15, 0.2) is 0 Å². The number of anilines is 2. The van der Waals surface area contributed by atoms with Gasteiger partial charge in [-0.25, -0.2) is 9.97 Å². The van der Waals surface area contributed by atoms with Crippen LogP contribution in [0.1, 0.15) is 31.5 Å². The van der Waals surface area contributed by atoms with Crippen molar-refractivity contribution in [3.63, 3.8) is 0 Å². The summed E-state index contributed by atoms with van der Waals surface area (Å²) in [5.74, 6) is 2.03. The number of aromatic nitrogens is 4. The molecular formula is C21H24N6. The lowest BCUT2D eigenvalue weighted by Gasteiger charge is -2.34. The van der Waals surface area contributed by atoms with Crippen LogP contribution in [0.15, 0.2) is 55.1 Å². The Labute approximate surface area is 159 Å². The van der Waals surface area contributed by atoms with Crippen LogP contribution in [0.3, 0.4) is 0 Å². The quantitative estimate of drug-likeness (QED) is 0.762. The minimum absolute atomic E-state index is 0.334. The molecule has 6 heteroatoms. The second kappa shape index (κ2) is 7.80. The maximum atomic E-state index is 4.90. The van der Waals surface area contributed by atoms with Crippen LogP contribution in [-0.4, -0.2) is 44.5 Å². The van der Waals surface area contributed by atoms with Crippen LogP contribution < -0.4 is 5.32 Å². The zero-order valence-corrected chi connectivity index (χ0v) is 15.7. The Morgan fingerprint density at radius 2 is 1.89 bits per heavy atom. The highest BCUT2D eigenvalue weighted by molar-refractivity contribution is 5.64. The lowest BCUT2D eigenvalue weighted by atomic mass is 9.93. The molecule has 1 aliphatic rings. The monoisotopic (exact) mass is 360 g/mol. The minimum Gasteiger partial charge on any atom is -0.340 e. The van der Waals surface area contributed by atoms with Crippen LogP contribution >= 0.6 is 0 Å². The van der Waals surface area contributed by atoms with Crippen molar-refractivity contribution in [2.45, 2.75) is 31.7 Å². The van der Waals surface area contributed by atoms with Gasteiger partial charge in [0.1, 0.15) is 11.6 Å². The molecular weight excluding hydrogens is 336 g/mol. The molecule has 0 saturated carbocycles. The molecule has 0 aliphatic carbocycles. The molecule has 1 saturated heterocycles. The van der Waals surface area contributed by atoms with E-state index in [-0.39, 0.29) is 0 Å². The molecule has 0 unspecified atom stereocenters. The second-order valence-electron chi connectivity index (χ2n) is 7.16. The molecule has 0 aromatic carbocycles. The van der Waals surface area contributed by atoms with Crippen molar-refractivity contribution < 1.29 is 0 Å². The predicted octanol–water partition coefficient (Wildman–Crippen LogP) is 3.87. The Bertz CT molecular complexity index is 884. The maximum Gasteiger partial charge on any atom is 0.135 e. The average Bonchev–Trinajstić information content (AvgIpc) is 2.71. The first-order valence-corrected chi connectivity index (χ1v) is 9.36. The van der Waals surface area contributed by atoms with E-state index in [0.29, 0.717) is 12.0 Å². The van der Waals surface area contributed by atoms with Gasteiger partial charge in [0.25, 0.3) is 0 Å². The van der Waals surface area contributed by atoms with Gasteiger partial charge in [0.2, 0.25) is 0 Å². The van der Waals surface area contributed by atoms with Crippen molar-refractivity contribution in [1.82, 2.24) is 24.8 Å². The molecule has 3 aromatic rings. The molecule has 0 bridgehead atoms. The van der Waals surface area contributed by atoms with Gasteiger partial charge in [-0.15, -0.1) is 0 Å². The molecule has 6 nitrogen and oxygen atoms in total. The van der Waals surface area contributed by atoms with E-state index >= 15 is 0 Å². The number of hydrogen-bond donors (Lipinski definition) is 1. The van der Waals surface area contributed by atoms with E-state index in [4.69, 9.17) is 9.97 Å². The van der Waals surface area contributed by atoms with Crippen molar-refractivity contribution in [2.75, 3.05) is 18.9 Å². The van der Waals surface area contributed by atoms with E-state index in [9.17, 15) is 0 Å². The summed E-state index contributed by atoms with van der Waals surface area (Å²) in [6.07, 6.45) is 9.43. The molecule has 1 N–H and O–H groups in total. The van der Waals surface area contributed by atoms with Crippen LogP contribution in [0.4, 0.5) is 11.5 Å². The van der Waals surface area contributed by atoms with Crippen molar-refractivity contribution >= 4 is 11.5 Å². The summed E-state index contributed by atoms with van der Waals surface area (Å²) < 4.78 is 0. The summed E-state index contributed by atoms with van der Waals surface area (Å²) in [6.45, 7) is 3.26. The van der Waals surface area contributed by atoms with Gasteiger partial charge in [-0.1, -0.05) is 0 Å². The third-order valence-corrected chi connectivity index (χ3v) is 5.21. The van der Waals surface area contributed by atoms with Gasteiger partial charge in [0.05, 0.1) is 5.69 Å². The summed E-state index contributed by atoms with van der Waals surface area (Å²) in [7, 11) is 2.18. The zero-order chi connectivity index (χ0) is 18.6. The topological polar surface area (TPSA) is 66.8 Å². The fourth-order valence-corrected chi connectivity index (χ4v) is 3.45. The minimum atomic E-state index is 0.334. The Balaban J connectivity index is 1.70. The number of rotatable bonds is 4. The molecule has 4 heterocycles. The molecule has 3 aromatic heterocycles. The number of piperidine rings is 1. The highest BCUT2D eigenvalue weighted by Crippen LogP contribution is 2.30. The summed E-state index contributed by atoms with van der Waals surface area (Å²) in [4.78, 5) is 20.5. The summed E-state index contributed by atoms with van der Waals surface area (Å²) in [5, 5.41) is 3.39. The van der Waals surface area contributed by atoms with Crippen LogP contribution in [0.25, 0.3) is 11.3 Å². The van der Waals surface area contributed by atoms with Gasteiger partial charge in [-0.05, 0) is 51.1 Å². The third kappa shape index (κ3) is 4.11. The first-order chi connectivity index (χ1) is 13.2. The van der Waals surface area contributed by atoms with E-state index < -0.39 is 0 Å². The van der Waals surface area contributed by atoms with Crippen molar-refractivity contribution in [3.05, 3.63) is 60.9 Å². The van der Waals surface area contributed by atoms with Gasteiger partial charge in [-0.2, -0.15) is 0 Å². The van der Waals surface area contributed by atoms with E-state index in [1.165, 1.54) is 0 Å². The molecule has 0 spiro atoms. The summed E-state index contributed by atoms with van der Waals surface area (Å²) in [6, 6.07) is 10.4. The smallest absolute Gasteiger partial charge is 0.135 e. The number of nitrogens with one attached hydrogen (secondary N) is 1. The maximum absolute atomic E-state index is 4.90. The third-order valence-electron chi connectivity index (χ3n) is 5.21. The van der Waals surface area contributed by atoms with Gasteiger partial charge < -0.3 is 10.2 Å². The summed E-state index contributed by atoms with van der Waals surface area (Å²) in [5.41, 5.74) is 2.85. The number of pyridine rings is 2. The normalized spacial score (nSPS) is 20.4. The molecule has 4 rings (SSSR count). The van der Waals surface area contributed by atoms with E-state index in [1.807, 2.05) is 36.5 Å². The van der Waals surface area contributed by atoms with E-state index in [0.717, 1.165) is 48.0 Å². The fourth-order valence-electron chi connectivity index (χ4n) is 3.45. The van der Waals surface area contributed by atoms with Gasteiger partial charge in [-0.3, -0.25) is 9.97 Å². The lowest BCUT2D eigenvalue weighted by Crippen LogP contribution is -2.38. The first-order valence-electron chi connectivity index (χ1n) is 9.36. The standard InChI is InChI=1S/C21H24N6/c1-15-5-6-17(14-27(15)2)21-25-19(16-4-3-9-23-13-16)12-20(26-21)24-18-7-10-22-11-8-18/h3-4,7-13,15,17H,5-6,14H2,1-2H3,(H,22,24,25,26)/t15-,17+/m1/s1. The predicted molar refractivity (Wildman–Crippen MR) is 107 cm³/mol. The highest BCUT2D eigenvalue weighted by Gasteiger charge is 2.26. The number of nitrogens with zero attached hydrogens (tertiary/aromatic N) is 5. The molecule has 27 heavy (non-hydrogen) atoms. The molecule has 1 aliphatic heterocycles. The number of likely N-dealkylation sites (N-methyl/N-ethyl adjacent to an activating group) is 1. The van der Waals surface area contributed by atoms with Gasteiger partial charge >= 0.3 is 0 Å². The Kier molecular flexibility index (Phi) is 5.07. The highest BCUT2D eigenvalue weighted by atomic mass is 15.1. The Morgan fingerprint density at radius 3 is 2.63 bits per heavy atom. The average molecular weight is 360 g/mol. The summed E-state index contributed by atoms with van der Waals surface area (Å²) >= 11 is 0. The number of hydrogen-bond acceptors (Lipinski definition) is 6. The van der Waals surface area contributed by atoms with Crippen molar-refractivity contribution in [2.24, 2.45) is 0 Å². The van der Waals surface area contributed by atoms with Crippen LogP contribution in [0.5, 0.6) is 0 Å². The Morgan fingerprint density at radius 1 is 1.04 bits per heavy atom. The zero-order valence-electron chi connectivity index (χ0n) is 15.7. The van der Waals surface area contributed by atoms with Crippen LogP contribution in [0.2, 0.25) is 0 Å². The van der Waals surface area contributed by atoms with Gasteiger partial charge in [0, 0.05) is 60.6 Å². The lowest BCUT2D eigenvalue weighted by molar-refractivity contribution is 0.177. The Hall–Kier alpha value is -2.86. The van der Waals surface area contributed by atoms with Crippen molar-refractivity contribution in [1.29, 1.82) is 0 Å².